The van der Waals surface area contributed by atoms with E-state index in [-0.39, 0.29) is 5.56 Å². The van der Waals surface area contributed by atoms with Gasteiger partial charge < -0.3 is 10.0 Å². The minimum absolute atomic E-state index is 0.0272. The fourth-order valence-electron chi connectivity index (χ4n) is 1.72. The zero-order valence-corrected chi connectivity index (χ0v) is 8.06. The Balaban J connectivity index is 2.45. The van der Waals surface area contributed by atoms with Crippen LogP contribution in [0.5, 0.6) is 0 Å². The summed E-state index contributed by atoms with van der Waals surface area (Å²) >= 11 is 0. The van der Waals surface area contributed by atoms with E-state index in [1.54, 1.807) is 0 Å². The number of aromatic nitrogens is 2. The van der Waals surface area contributed by atoms with Crippen molar-refractivity contribution in [2.45, 2.75) is 12.8 Å². The molecule has 1 aliphatic heterocycles. The van der Waals surface area contributed by atoms with Gasteiger partial charge in [-0.3, -0.25) is 4.79 Å². The third-order valence-electron chi connectivity index (χ3n) is 2.42. The van der Waals surface area contributed by atoms with Crippen molar-refractivity contribution in [2.75, 3.05) is 18.0 Å². The first-order valence-electron chi connectivity index (χ1n) is 4.76. The van der Waals surface area contributed by atoms with Gasteiger partial charge in [0.05, 0.1) is 0 Å². The Morgan fingerprint density at radius 1 is 1.47 bits per heavy atom. The first kappa shape index (κ1) is 9.70. The molecule has 0 saturated carbocycles. The molecule has 80 valence electrons. The van der Waals surface area contributed by atoms with Crippen LogP contribution in [-0.2, 0) is 0 Å². The molecule has 1 fully saturated rings. The molecule has 0 atom stereocenters. The molecule has 0 unspecified atom stereocenters. The number of carboxylic acid groups (broad SMARTS) is 1. The standard InChI is InChI=1S/C9H11N3O3/c13-7-5-6(9(14)15)8(11-10-7)12-3-1-2-4-12/h5H,1-4H2,(H,10,13)(H,14,15). The molecular weight excluding hydrogens is 198 g/mol. The van der Waals surface area contributed by atoms with Crippen molar-refractivity contribution in [1.82, 2.24) is 10.2 Å². The van der Waals surface area contributed by atoms with Gasteiger partial charge in [-0.05, 0) is 12.8 Å². The number of aromatic amines is 1. The third-order valence-corrected chi connectivity index (χ3v) is 2.42. The highest BCUT2D eigenvalue weighted by atomic mass is 16.4. The average molecular weight is 209 g/mol. The van der Waals surface area contributed by atoms with E-state index in [9.17, 15) is 9.59 Å². The number of aromatic carboxylic acids is 1. The molecule has 2 N–H and O–H groups in total. The van der Waals surface area contributed by atoms with Gasteiger partial charge in [-0.25, -0.2) is 9.89 Å². The molecule has 0 aromatic carbocycles. The predicted molar refractivity (Wildman–Crippen MR) is 53.3 cm³/mol. The van der Waals surface area contributed by atoms with E-state index in [1.807, 2.05) is 4.90 Å². The molecule has 6 heteroatoms. The van der Waals surface area contributed by atoms with Crippen molar-refractivity contribution in [3.63, 3.8) is 0 Å². The molecule has 0 amide bonds. The number of carbonyl (C=O) groups is 1. The van der Waals surface area contributed by atoms with Crippen LogP contribution in [0.25, 0.3) is 0 Å². The summed E-state index contributed by atoms with van der Waals surface area (Å²) in [5, 5.41) is 15.0. The van der Waals surface area contributed by atoms with Gasteiger partial charge in [0.1, 0.15) is 5.56 Å². The number of hydrogen-bond acceptors (Lipinski definition) is 4. The lowest BCUT2D eigenvalue weighted by atomic mass is 10.2. The third kappa shape index (κ3) is 1.83. The Kier molecular flexibility index (Phi) is 2.40. The van der Waals surface area contributed by atoms with Gasteiger partial charge in [0.2, 0.25) is 0 Å². The highest BCUT2D eigenvalue weighted by molar-refractivity contribution is 5.93. The van der Waals surface area contributed by atoms with Crippen LogP contribution in [0, 0.1) is 0 Å². The number of H-pyrrole nitrogens is 1. The topological polar surface area (TPSA) is 86.3 Å². The Hall–Kier alpha value is -1.85. The molecule has 0 aliphatic carbocycles. The summed E-state index contributed by atoms with van der Waals surface area (Å²) in [4.78, 5) is 23.7. The molecule has 0 spiro atoms. The van der Waals surface area contributed by atoms with Crippen molar-refractivity contribution < 1.29 is 9.90 Å². The van der Waals surface area contributed by atoms with Gasteiger partial charge >= 0.3 is 5.97 Å². The Bertz CT molecular complexity index is 434. The van der Waals surface area contributed by atoms with Crippen LogP contribution in [0.3, 0.4) is 0 Å². The number of carboxylic acids is 1. The zero-order chi connectivity index (χ0) is 10.8. The molecule has 0 radical (unpaired) electrons. The van der Waals surface area contributed by atoms with Crippen LogP contribution < -0.4 is 10.5 Å². The number of anilines is 1. The number of rotatable bonds is 2. The maximum Gasteiger partial charge on any atom is 0.339 e. The van der Waals surface area contributed by atoms with Crippen molar-refractivity contribution in [2.24, 2.45) is 0 Å². The highest BCUT2D eigenvalue weighted by Gasteiger charge is 2.21. The molecule has 6 nitrogen and oxygen atoms in total. The normalized spacial score (nSPS) is 15.6. The Morgan fingerprint density at radius 2 is 2.13 bits per heavy atom. The lowest BCUT2D eigenvalue weighted by molar-refractivity contribution is 0.0697. The molecule has 0 bridgehead atoms. The average Bonchev–Trinajstić information content (AvgIpc) is 2.70. The summed E-state index contributed by atoms with van der Waals surface area (Å²) in [7, 11) is 0. The van der Waals surface area contributed by atoms with Crippen LogP contribution in [0.15, 0.2) is 10.9 Å². The monoisotopic (exact) mass is 209 g/mol. The molecule has 2 rings (SSSR count). The summed E-state index contributed by atoms with van der Waals surface area (Å²) in [5.74, 6) is -0.755. The second-order valence-corrected chi connectivity index (χ2v) is 3.47. The van der Waals surface area contributed by atoms with E-state index in [0.29, 0.717) is 5.82 Å². The van der Waals surface area contributed by atoms with E-state index < -0.39 is 11.5 Å². The molecular formula is C9H11N3O3. The summed E-state index contributed by atoms with van der Waals surface area (Å²) < 4.78 is 0. The van der Waals surface area contributed by atoms with Crippen molar-refractivity contribution in [3.8, 4) is 0 Å². The van der Waals surface area contributed by atoms with E-state index in [4.69, 9.17) is 5.11 Å². The van der Waals surface area contributed by atoms with Crippen molar-refractivity contribution in [3.05, 3.63) is 22.0 Å². The van der Waals surface area contributed by atoms with Gasteiger partial charge in [0, 0.05) is 19.2 Å². The maximum atomic E-state index is 11.0. The molecule has 1 aromatic heterocycles. The highest BCUT2D eigenvalue weighted by Crippen LogP contribution is 2.19. The smallest absolute Gasteiger partial charge is 0.339 e. The maximum absolute atomic E-state index is 11.0. The molecule has 1 aromatic rings. The Morgan fingerprint density at radius 3 is 2.73 bits per heavy atom. The molecule has 1 aliphatic rings. The van der Waals surface area contributed by atoms with E-state index in [1.165, 1.54) is 0 Å². The lowest BCUT2D eigenvalue weighted by Crippen LogP contribution is -2.25. The number of nitrogens with one attached hydrogen (secondary N) is 1. The summed E-state index contributed by atoms with van der Waals surface area (Å²) in [6.45, 7) is 1.58. The first-order valence-corrected chi connectivity index (χ1v) is 4.76. The SMILES string of the molecule is O=C(O)c1cc(=O)[nH]nc1N1CCCC1. The van der Waals surface area contributed by atoms with E-state index >= 15 is 0 Å². The molecule has 15 heavy (non-hydrogen) atoms. The molecule has 1 saturated heterocycles. The lowest BCUT2D eigenvalue weighted by Gasteiger charge is -2.16. The van der Waals surface area contributed by atoms with Gasteiger partial charge in [-0.1, -0.05) is 0 Å². The van der Waals surface area contributed by atoms with Gasteiger partial charge in [0.15, 0.2) is 5.82 Å². The van der Waals surface area contributed by atoms with Crippen LogP contribution >= 0.6 is 0 Å². The van der Waals surface area contributed by atoms with Crippen molar-refractivity contribution in [1.29, 1.82) is 0 Å². The van der Waals surface area contributed by atoms with Crippen molar-refractivity contribution >= 4 is 11.8 Å². The second-order valence-electron chi connectivity index (χ2n) is 3.47. The fraction of sp³-hybridized carbons (Fsp3) is 0.444. The van der Waals surface area contributed by atoms with Gasteiger partial charge in [0.25, 0.3) is 5.56 Å². The van der Waals surface area contributed by atoms with Gasteiger partial charge in [-0.2, -0.15) is 5.10 Å². The van der Waals surface area contributed by atoms with E-state index in [0.717, 1.165) is 32.0 Å². The van der Waals surface area contributed by atoms with E-state index in [2.05, 4.69) is 10.2 Å². The van der Waals surface area contributed by atoms with Crippen LogP contribution in [0.2, 0.25) is 0 Å². The zero-order valence-electron chi connectivity index (χ0n) is 8.06. The molecule has 2 heterocycles. The summed E-state index contributed by atoms with van der Waals surface area (Å²) in [6.07, 6.45) is 2.06. The minimum Gasteiger partial charge on any atom is -0.478 e. The number of nitrogens with zero attached hydrogens (tertiary/aromatic N) is 2. The second kappa shape index (κ2) is 3.72. The van der Waals surface area contributed by atoms with Crippen LogP contribution in [0.4, 0.5) is 5.82 Å². The predicted octanol–water partition coefficient (Wildman–Crippen LogP) is 0.0683. The first-order chi connectivity index (χ1) is 7.18. The fourth-order valence-corrected chi connectivity index (χ4v) is 1.72. The summed E-state index contributed by atoms with van der Waals surface area (Å²) in [5.41, 5.74) is -0.518. The van der Waals surface area contributed by atoms with Gasteiger partial charge in [-0.15, -0.1) is 0 Å². The largest absolute Gasteiger partial charge is 0.478 e. The minimum atomic E-state index is -1.12. The summed E-state index contributed by atoms with van der Waals surface area (Å²) in [6, 6.07) is 1.07. The number of hydrogen-bond donors (Lipinski definition) is 2. The quantitative estimate of drug-likeness (QED) is 0.719. The Labute approximate surface area is 85.5 Å². The van der Waals surface area contributed by atoms with Crippen LogP contribution in [0.1, 0.15) is 23.2 Å². The van der Waals surface area contributed by atoms with Crippen LogP contribution in [-0.4, -0.2) is 34.4 Å².